The molecule has 0 saturated heterocycles. The average Bonchev–Trinajstić information content (AvgIpc) is 2.10. The Morgan fingerprint density at radius 3 is 2.85 bits per heavy atom. The lowest BCUT2D eigenvalue weighted by Crippen LogP contribution is -2.12. The second-order valence-electron chi connectivity index (χ2n) is 2.88. The summed E-state index contributed by atoms with van der Waals surface area (Å²) in [4.78, 5) is 0. The molecule has 1 unspecified atom stereocenters. The molecule has 4 N–H and O–H groups in total. The van der Waals surface area contributed by atoms with Crippen LogP contribution in [0.2, 0.25) is 0 Å². The third kappa shape index (κ3) is 2.06. The molecule has 0 aliphatic carbocycles. The van der Waals surface area contributed by atoms with Crippen LogP contribution >= 0.6 is 0 Å². The Morgan fingerprint density at radius 1 is 1.54 bits per heavy atom. The van der Waals surface area contributed by atoms with Crippen molar-refractivity contribution in [1.82, 2.24) is 0 Å². The van der Waals surface area contributed by atoms with Crippen LogP contribution in [0.25, 0.3) is 0 Å². The first-order chi connectivity index (χ1) is 6.16. The minimum Gasteiger partial charge on any atom is -0.396 e. The maximum Gasteiger partial charge on any atom is 0.150 e. The zero-order chi connectivity index (χ0) is 9.84. The average molecular weight is 180 g/mol. The Morgan fingerprint density at radius 2 is 2.23 bits per heavy atom. The number of anilines is 1. The topological polar surface area (TPSA) is 52.0 Å². The summed E-state index contributed by atoms with van der Waals surface area (Å²) in [6.07, 6.45) is 2.20. The van der Waals surface area contributed by atoms with Gasteiger partial charge in [0.25, 0.3) is 0 Å². The number of hydrogen-bond acceptors (Lipinski definition) is 2. The number of nitrogen functional groups attached to an aromatic ring is 1. The van der Waals surface area contributed by atoms with Gasteiger partial charge in [-0.05, 0) is 12.5 Å². The fourth-order valence-corrected chi connectivity index (χ4v) is 1.16. The van der Waals surface area contributed by atoms with Crippen molar-refractivity contribution < 1.29 is 4.39 Å². The van der Waals surface area contributed by atoms with Crippen molar-refractivity contribution in [2.24, 2.45) is 5.73 Å². The van der Waals surface area contributed by atoms with Crippen LogP contribution in [0.15, 0.2) is 30.9 Å². The van der Waals surface area contributed by atoms with Gasteiger partial charge in [0.15, 0.2) is 5.82 Å². The van der Waals surface area contributed by atoms with Gasteiger partial charge in [-0.2, -0.15) is 0 Å². The summed E-state index contributed by atoms with van der Waals surface area (Å²) in [6.45, 7) is 3.54. The van der Waals surface area contributed by atoms with Gasteiger partial charge < -0.3 is 11.5 Å². The Kier molecular flexibility index (Phi) is 3.03. The summed E-state index contributed by atoms with van der Waals surface area (Å²) in [5.74, 6) is -0.420. The third-order valence-corrected chi connectivity index (χ3v) is 1.88. The quantitative estimate of drug-likeness (QED) is 0.552. The molecule has 1 atom stereocenters. The summed E-state index contributed by atoms with van der Waals surface area (Å²) in [7, 11) is 0. The van der Waals surface area contributed by atoms with E-state index < -0.39 is 5.82 Å². The standard InChI is InChI=1S/C10H13FN2/c1-2-4-8(12)7-5-3-6-9(13)10(7)11/h2-3,5-6,8H,1,4,12-13H2. The van der Waals surface area contributed by atoms with Crippen LogP contribution in [0.1, 0.15) is 18.0 Å². The summed E-state index contributed by atoms with van der Waals surface area (Å²) in [5.41, 5.74) is 11.7. The molecule has 0 bridgehead atoms. The van der Waals surface area contributed by atoms with E-state index in [2.05, 4.69) is 6.58 Å². The lowest BCUT2D eigenvalue weighted by Gasteiger charge is -2.11. The Bertz CT molecular complexity index is 310. The predicted molar refractivity (Wildman–Crippen MR) is 52.6 cm³/mol. The number of nitrogens with two attached hydrogens (primary N) is 2. The largest absolute Gasteiger partial charge is 0.396 e. The minimum atomic E-state index is -0.420. The van der Waals surface area contributed by atoms with Crippen molar-refractivity contribution in [3.63, 3.8) is 0 Å². The smallest absolute Gasteiger partial charge is 0.150 e. The number of rotatable bonds is 3. The van der Waals surface area contributed by atoms with Crippen LogP contribution in [0.4, 0.5) is 10.1 Å². The molecule has 3 heteroatoms. The molecular formula is C10H13FN2. The second kappa shape index (κ2) is 4.05. The molecule has 0 heterocycles. The molecule has 0 aliphatic heterocycles. The van der Waals surface area contributed by atoms with Crippen LogP contribution < -0.4 is 11.5 Å². The highest BCUT2D eigenvalue weighted by atomic mass is 19.1. The minimum absolute atomic E-state index is 0.136. The lowest BCUT2D eigenvalue weighted by molar-refractivity contribution is 0.588. The van der Waals surface area contributed by atoms with Crippen LogP contribution in [0.5, 0.6) is 0 Å². The van der Waals surface area contributed by atoms with Crippen molar-refractivity contribution in [3.8, 4) is 0 Å². The van der Waals surface area contributed by atoms with E-state index in [1.54, 1.807) is 18.2 Å². The SMILES string of the molecule is C=CCC(N)c1cccc(N)c1F. The monoisotopic (exact) mass is 180 g/mol. The number of halogens is 1. The van der Waals surface area contributed by atoms with Crippen molar-refractivity contribution in [2.75, 3.05) is 5.73 Å². The van der Waals surface area contributed by atoms with Gasteiger partial charge in [0.05, 0.1) is 5.69 Å². The molecule has 13 heavy (non-hydrogen) atoms. The molecular weight excluding hydrogens is 167 g/mol. The Balaban J connectivity index is 3.00. The summed E-state index contributed by atoms with van der Waals surface area (Å²) in [6, 6.07) is 4.48. The number of benzene rings is 1. The van der Waals surface area contributed by atoms with Crippen LogP contribution in [-0.4, -0.2) is 0 Å². The Hall–Kier alpha value is -1.35. The molecule has 0 spiro atoms. The van der Waals surface area contributed by atoms with E-state index in [0.717, 1.165) is 0 Å². The summed E-state index contributed by atoms with van der Waals surface area (Å²) < 4.78 is 13.3. The zero-order valence-corrected chi connectivity index (χ0v) is 7.33. The highest BCUT2D eigenvalue weighted by Gasteiger charge is 2.11. The molecule has 70 valence electrons. The molecule has 1 aromatic carbocycles. The maximum atomic E-state index is 13.3. The van der Waals surface area contributed by atoms with Gasteiger partial charge in [0, 0.05) is 11.6 Å². The number of hydrogen-bond donors (Lipinski definition) is 2. The van der Waals surface area contributed by atoms with Crippen molar-refractivity contribution in [1.29, 1.82) is 0 Å². The van der Waals surface area contributed by atoms with Gasteiger partial charge >= 0.3 is 0 Å². The molecule has 1 aromatic rings. The van der Waals surface area contributed by atoms with Gasteiger partial charge in [0.1, 0.15) is 0 Å². The molecule has 0 saturated carbocycles. The van der Waals surface area contributed by atoms with E-state index in [-0.39, 0.29) is 11.7 Å². The van der Waals surface area contributed by atoms with Crippen LogP contribution in [-0.2, 0) is 0 Å². The van der Waals surface area contributed by atoms with Crippen molar-refractivity contribution in [3.05, 3.63) is 42.2 Å². The maximum absolute atomic E-state index is 13.3. The van der Waals surface area contributed by atoms with Crippen molar-refractivity contribution >= 4 is 5.69 Å². The first-order valence-corrected chi connectivity index (χ1v) is 4.07. The van der Waals surface area contributed by atoms with Crippen LogP contribution in [0, 0.1) is 5.82 Å². The first kappa shape index (κ1) is 9.74. The fourth-order valence-electron chi connectivity index (χ4n) is 1.16. The van der Waals surface area contributed by atoms with E-state index in [0.29, 0.717) is 12.0 Å². The van der Waals surface area contributed by atoms with Crippen LogP contribution in [0.3, 0.4) is 0 Å². The highest BCUT2D eigenvalue weighted by molar-refractivity contribution is 5.43. The fraction of sp³-hybridized carbons (Fsp3) is 0.200. The molecule has 2 nitrogen and oxygen atoms in total. The normalized spacial score (nSPS) is 12.5. The van der Waals surface area contributed by atoms with E-state index in [1.807, 2.05) is 0 Å². The molecule has 0 radical (unpaired) electrons. The summed E-state index contributed by atoms with van der Waals surface area (Å²) >= 11 is 0. The molecule has 0 aliphatic rings. The Labute approximate surface area is 77.0 Å². The molecule has 1 rings (SSSR count). The van der Waals surface area contributed by atoms with E-state index in [9.17, 15) is 4.39 Å². The van der Waals surface area contributed by atoms with E-state index in [4.69, 9.17) is 11.5 Å². The predicted octanol–water partition coefficient (Wildman–Crippen LogP) is 1.98. The first-order valence-electron chi connectivity index (χ1n) is 4.07. The van der Waals surface area contributed by atoms with Gasteiger partial charge in [-0.15, -0.1) is 6.58 Å². The van der Waals surface area contributed by atoms with E-state index >= 15 is 0 Å². The van der Waals surface area contributed by atoms with Gasteiger partial charge in [-0.25, -0.2) is 4.39 Å². The molecule has 0 fully saturated rings. The third-order valence-electron chi connectivity index (χ3n) is 1.88. The summed E-state index contributed by atoms with van der Waals surface area (Å²) in [5, 5.41) is 0. The molecule has 0 amide bonds. The lowest BCUT2D eigenvalue weighted by atomic mass is 10.0. The van der Waals surface area contributed by atoms with Gasteiger partial charge in [-0.3, -0.25) is 0 Å². The second-order valence-corrected chi connectivity index (χ2v) is 2.88. The highest BCUT2D eigenvalue weighted by Crippen LogP contribution is 2.21. The van der Waals surface area contributed by atoms with Gasteiger partial charge in [-0.1, -0.05) is 18.2 Å². The van der Waals surface area contributed by atoms with Gasteiger partial charge in [0.2, 0.25) is 0 Å². The zero-order valence-electron chi connectivity index (χ0n) is 7.33. The van der Waals surface area contributed by atoms with E-state index in [1.165, 1.54) is 6.07 Å². The molecule has 0 aromatic heterocycles. The van der Waals surface area contributed by atoms with Crippen molar-refractivity contribution in [2.45, 2.75) is 12.5 Å².